The van der Waals surface area contributed by atoms with Gasteiger partial charge in [0.05, 0.1) is 17.2 Å². The Hall–Kier alpha value is -3.06. The lowest BCUT2D eigenvalue weighted by Gasteiger charge is -2.04. The first-order valence-corrected chi connectivity index (χ1v) is 6.93. The first-order valence-electron chi connectivity index (χ1n) is 6.93. The second-order valence-corrected chi connectivity index (χ2v) is 4.70. The predicted octanol–water partition coefficient (Wildman–Crippen LogP) is 3.88. The highest BCUT2D eigenvalue weighted by molar-refractivity contribution is 5.92. The van der Waals surface area contributed by atoms with Crippen LogP contribution in [0.15, 0.2) is 48.5 Å². The van der Waals surface area contributed by atoms with E-state index in [4.69, 9.17) is 5.11 Å². The number of hydrogen-bond acceptors (Lipinski definition) is 3. The van der Waals surface area contributed by atoms with Gasteiger partial charge in [-0.05, 0) is 48.4 Å². The fraction of sp³-hybridized carbons (Fsp3) is 0.111. The van der Waals surface area contributed by atoms with Crippen molar-refractivity contribution in [1.29, 1.82) is 5.26 Å². The average molecular weight is 292 g/mol. The van der Waals surface area contributed by atoms with Gasteiger partial charge in [-0.25, -0.2) is 4.79 Å². The number of aromatic carboxylic acids is 1. The molecule has 0 radical (unpaired) electrons. The summed E-state index contributed by atoms with van der Waals surface area (Å²) in [5.74, 6) is -0.979. The minimum Gasteiger partial charge on any atom is -0.478 e. The number of nitrogens with zero attached hydrogens (tertiary/aromatic N) is 1. The van der Waals surface area contributed by atoms with Gasteiger partial charge in [-0.15, -0.1) is 0 Å². The summed E-state index contributed by atoms with van der Waals surface area (Å²) in [4.78, 5) is 10.8. The van der Waals surface area contributed by atoms with Gasteiger partial charge >= 0.3 is 5.97 Å². The molecular formula is C18H16N2O2. The molecule has 2 rings (SSSR count). The van der Waals surface area contributed by atoms with Crippen molar-refractivity contribution in [2.75, 3.05) is 11.9 Å². The topological polar surface area (TPSA) is 73.1 Å². The SMILES string of the molecule is CCNc1ccc(/C=C(\C#N)c2ccc(C(=O)O)cc2)cc1. The molecule has 2 aromatic rings. The summed E-state index contributed by atoms with van der Waals surface area (Å²) in [6.07, 6.45) is 1.78. The van der Waals surface area contributed by atoms with Crippen LogP contribution in [0.2, 0.25) is 0 Å². The van der Waals surface area contributed by atoms with Crippen molar-refractivity contribution in [3.05, 3.63) is 65.2 Å². The summed E-state index contributed by atoms with van der Waals surface area (Å²) in [5.41, 5.74) is 3.34. The van der Waals surface area contributed by atoms with E-state index in [1.807, 2.05) is 31.2 Å². The van der Waals surface area contributed by atoms with E-state index in [0.29, 0.717) is 11.1 Å². The van der Waals surface area contributed by atoms with Crippen LogP contribution in [-0.4, -0.2) is 17.6 Å². The summed E-state index contributed by atoms with van der Waals surface area (Å²) in [7, 11) is 0. The summed E-state index contributed by atoms with van der Waals surface area (Å²) >= 11 is 0. The third-order valence-corrected chi connectivity index (χ3v) is 3.17. The van der Waals surface area contributed by atoms with Crippen LogP contribution < -0.4 is 5.32 Å². The van der Waals surface area contributed by atoms with Gasteiger partial charge in [0.1, 0.15) is 0 Å². The molecule has 4 nitrogen and oxygen atoms in total. The Kier molecular flexibility index (Phi) is 4.94. The molecule has 0 saturated carbocycles. The Morgan fingerprint density at radius 1 is 1.14 bits per heavy atom. The van der Waals surface area contributed by atoms with Gasteiger partial charge in [0.15, 0.2) is 0 Å². The Bertz CT molecular complexity index is 723. The summed E-state index contributed by atoms with van der Waals surface area (Å²) < 4.78 is 0. The number of nitriles is 1. The third-order valence-electron chi connectivity index (χ3n) is 3.17. The monoisotopic (exact) mass is 292 g/mol. The molecule has 0 aliphatic carbocycles. The molecule has 0 aliphatic heterocycles. The molecule has 4 heteroatoms. The van der Waals surface area contributed by atoms with Gasteiger partial charge in [-0.1, -0.05) is 24.3 Å². The van der Waals surface area contributed by atoms with E-state index in [1.165, 1.54) is 12.1 Å². The molecule has 0 bridgehead atoms. The quantitative estimate of drug-likeness (QED) is 0.648. The Morgan fingerprint density at radius 3 is 2.23 bits per heavy atom. The minimum atomic E-state index is -0.979. The number of benzene rings is 2. The molecule has 0 saturated heterocycles. The number of anilines is 1. The summed E-state index contributed by atoms with van der Waals surface area (Å²) in [5, 5.41) is 21.4. The van der Waals surface area contributed by atoms with Gasteiger partial charge in [0, 0.05) is 12.2 Å². The zero-order chi connectivity index (χ0) is 15.9. The zero-order valence-electron chi connectivity index (χ0n) is 12.2. The molecule has 0 amide bonds. The molecule has 2 aromatic carbocycles. The van der Waals surface area contributed by atoms with Gasteiger partial charge in [-0.2, -0.15) is 5.26 Å². The van der Waals surface area contributed by atoms with Gasteiger partial charge in [-0.3, -0.25) is 0 Å². The Labute approximate surface area is 129 Å². The zero-order valence-corrected chi connectivity index (χ0v) is 12.2. The van der Waals surface area contributed by atoms with Crippen molar-refractivity contribution >= 4 is 23.3 Å². The fourth-order valence-corrected chi connectivity index (χ4v) is 2.04. The maximum atomic E-state index is 10.8. The van der Waals surface area contributed by atoms with Crippen molar-refractivity contribution in [3.63, 3.8) is 0 Å². The van der Waals surface area contributed by atoms with Crippen LogP contribution in [0, 0.1) is 11.3 Å². The average Bonchev–Trinajstić information content (AvgIpc) is 2.54. The normalized spacial score (nSPS) is 10.8. The number of carbonyl (C=O) groups is 1. The number of hydrogen-bond donors (Lipinski definition) is 2. The van der Waals surface area contributed by atoms with E-state index in [0.717, 1.165) is 17.8 Å². The van der Waals surface area contributed by atoms with Crippen LogP contribution in [0.25, 0.3) is 11.6 Å². The second kappa shape index (κ2) is 7.09. The summed E-state index contributed by atoms with van der Waals surface area (Å²) in [6.45, 7) is 2.89. The lowest BCUT2D eigenvalue weighted by molar-refractivity contribution is 0.0697. The first kappa shape index (κ1) is 15.3. The van der Waals surface area contributed by atoms with Crippen molar-refractivity contribution in [1.82, 2.24) is 0 Å². The van der Waals surface area contributed by atoms with Crippen molar-refractivity contribution in [3.8, 4) is 6.07 Å². The Morgan fingerprint density at radius 2 is 1.73 bits per heavy atom. The second-order valence-electron chi connectivity index (χ2n) is 4.70. The van der Waals surface area contributed by atoms with Crippen molar-refractivity contribution in [2.45, 2.75) is 6.92 Å². The third kappa shape index (κ3) is 3.74. The van der Waals surface area contributed by atoms with E-state index in [1.54, 1.807) is 18.2 Å². The highest BCUT2D eigenvalue weighted by Gasteiger charge is 2.05. The van der Waals surface area contributed by atoms with E-state index in [2.05, 4.69) is 11.4 Å². The van der Waals surface area contributed by atoms with E-state index >= 15 is 0 Å². The van der Waals surface area contributed by atoms with Gasteiger partial charge < -0.3 is 10.4 Å². The maximum absolute atomic E-state index is 10.8. The minimum absolute atomic E-state index is 0.205. The summed E-state index contributed by atoms with van der Waals surface area (Å²) in [6, 6.07) is 16.2. The van der Waals surface area contributed by atoms with Crippen LogP contribution in [0.3, 0.4) is 0 Å². The standard InChI is InChI=1S/C18H16N2O2/c1-2-20-17-9-3-13(4-10-17)11-16(12-19)14-5-7-15(8-6-14)18(21)22/h3-11,20H,2H2,1H3,(H,21,22)/b16-11+. The largest absolute Gasteiger partial charge is 0.478 e. The number of allylic oxidation sites excluding steroid dienone is 1. The molecular weight excluding hydrogens is 276 g/mol. The molecule has 0 aromatic heterocycles. The highest BCUT2D eigenvalue weighted by atomic mass is 16.4. The van der Waals surface area contributed by atoms with E-state index in [-0.39, 0.29) is 5.56 Å². The van der Waals surface area contributed by atoms with Crippen LogP contribution in [0.4, 0.5) is 5.69 Å². The van der Waals surface area contributed by atoms with Crippen LogP contribution in [0.5, 0.6) is 0 Å². The smallest absolute Gasteiger partial charge is 0.335 e. The molecule has 0 fully saturated rings. The van der Waals surface area contributed by atoms with Crippen molar-refractivity contribution < 1.29 is 9.90 Å². The molecule has 0 atom stereocenters. The van der Waals surface area contributed by atoms with Gasteiger partial charge in [0.2, 0.25) is 0 Å². The molecule has 22 heavy (non-hydrogen) atoms. The van der Waals surface area contributed by atoms with Gasteiger partial charge in [0.25, 0.3) is 0 Å². The molecule has 0 heterocycles. The molecule has 0 spiro atoms. The number of carboxylic acid groups (broad SMARTS) is 1. The van der Waals surface area contributed by atoms with Crippen molar-refractivity contribution in [2.24, 2.45) is 0 Å². The number of carboxylic acids is 1. The number of nitrogens with one attached hydrogen (secondary N) is 1. The molecule has 2 N–H and O–H groups in total. The molecule has 0 aliphatic rings. The first-order chi connectivity index (χ1) is 10.6. The highest BCUT2D eigenvalue weighted by Crippen LogP contribution is 2.19. The van der Waals surface area contributed by atoms with Crippen LogP contribution in [0.1, 0.15) is 28.4 Å². The van der Waals surface area contributed by atoms with E-state index < -0.39 is 5.97 Å². The maximum Gasteiger partial charge on any atom is 0.335 e. The lowest BCUT2D eigenvalue weighted by Crippen LogP contribution is -1.96. The predicted molar refractivity (Wildman–Crippen MR) is 87.5 cm³/mol. The fourth-order valence-electron chi connectivity index (χ4n) is 2.04. The van der Waals surface area contributed by atoms with Crippen LogP contribution in [-0.2, 0) is 0 Å². The Balaban J connectivity index is 2.27. The molecule has 110 valence electrons. The molecule has 0 unspecified atom stereocenters. The number of rotatable bonds is 5. The van der Waals surface area contributed by atoms with E-state index in [9.17, 15) is 10.1 Å². The lowest BCUT2D eigenvalue weighted by atomic mass is 10.0. The van der Waals surface area contributed by atoms with Crippen LogP contribution >= 0.6 is 0 Å².